The summed E-state index contributed by atoms with van der Waals surface area (Å²) in [6, 6.07) is 14.5. The van der Waals surface area contributed by atoms with Crippen LogP contribution in [-0.4, -0.2) is 17.5 Å². The lowest BCUT2D eigenvalue weighted by Gasteiger charge is -2.18. The maximum atomic E-state index is 12.7. The summed E-state index contributed by atoms with van der Waals surface area (Å²) in [5.74, 6) is -0.225. The maximum absolute atomic E-state index is 12.7. The van der Waals surface area contributed by atoms with Crippen molar-refractivity contribution in [3.05, 3.63) is 74.5 Å². The molecule has 3 aromatic rings. The van der Waals surface area contributed by atoms with Crippen LogP contribution in [0, 0.1) is 0 Å². The molecule has 0 fully saturated rings. The number of fused-ring (bicyclic) bond motifs is 1. The van der Waals surface area contributed by atoms with Crippen LogP contribution in [0.5, 0.6) is 0 Å². The van der Waals surface area contributed by atoms with Crippen molar-refractivity contribution in [2.45, 2.75) is 6.42 Å². The number of aromatic nitrogens is 1. The van der Waals surface area contributed by atoms with Gasteiger partial charge in [0.1, 0.15) is 0 Å². The SMILES string of the molecule is CN(C(=O)Cc1c(Cl)c2c(Cl)cccc2n(C)c1=O)c1ccccc1. The monoisotopic (exact) mass is 374 g/mol. The number of para-hydroxylation sites is 1. The molecule has 1 aromatic heterocycles. The van der Waals surface area contributed by atoms with E-state index in [0.29, 0.717) is 15.9 Å². The summed E-state index contributed by atoms with van der Waals surface area (Å²) >= 11 is 12.7. The fraction of sp³-hybridized carbons (Fsp3) is 0.158. The summed E-state index contributed by atoms with van der Waals surface area (Å²) < 4.78 is 1.47. The van der Waals surface area contributed by atoms with Gasteiger partial charge >= 0.3 is 0 Å². The topological polar surface area (TPSA) is 42.3 Å². The molecule has 128 valence electrons. The molecule has 0 aliphatic rings. The van der Waals surface area contributed by atoms with E-state index in [1.807, 2.05) is 30.3 Å². The first-order valence-corrected chi connectivity index (χ1v) is 8.44. The number of hydrogen-bond acceptors (Lipinski definition) is 2. The highest BCUT2D eigenvalue weighted by atomic mass is 35.5. The molecule has 0 spiro atoms. The quantitative estimate of drug-likeness (QED) is 0.693. The maximum Gasteiger partial charge on any atom is 0.256 e. The van der Waals surface area contributed by atoms with Gasteiger partial charge in [0.25, 0.3) is 5.56 Å². The third kappa shape index (κ3) is 3.15. The van der Waals surface area contributed by atoms with Gasteiger partial charge in [-0.3, -0.25) is 9.59 Å². The number of likely N-dealkylation sites (N-methyl/N-ethyl adjacent to an activating group) is 1. The molecule has 4 nitrogen and oxygen atoms in total. The van der Waals surface area contributed by atoms with Crippen LogP contribution in [0.3, 0.4) is 0 Å². The van der Waals surface area contributed by atoms with E-state index in [0.717, 1.165) is 5.69 Å². The smallest absolute Gasteiger partial charge is 0.256 e. The Morgan fingerprint density at radius 1 is 1.08 bits per heavy atom. The lowest BCUT2D eigenvalue weighted by molar-refractivity contribution is -0.117. The fourth-order valence-corrected chi connectivity index (χ4v) is 3.44. The number of aryl methyl sites for hydroxylation is 1. The molecule has 0 radical (unpaired) electrons. The van der Waals surface area contributed by atoms with Crippen molar-refractivity contribution in [1.29, 1.82) is 0 Å². The molecule has 1 amide bonds. The van der Waals surface area contributed by atoms with Crippen LogP contribution in [0.2, 0.25) is 10.0 Å². The van der Waals surface area contributed by atoms with Crippen molar-refractivity contribution in [2.75, 3.05) is 11.9 Å². The highest BCUT2D eigenvalue weighted by Gasteiger charge is 2.20. The number of rotatable bonds is 3. The predicted octanol–water partition coefficient (Wildman–Crippen LogP) is 4.05. The molecule has 2 aromatic carbocycles. The van der Waals surface area contributed by atoms with Crippen LogP contribution in [0.15, 0.2) is 53.3 Å². The number of anilines is 1. The van der Waals surface area contributed by atoms with Gasteiger partial charge in [-0.1, -0.05) is 47.5 Å². The van der Waals surface area contributed by atoms with Gasteiger partial charge in [-0.2, -0.15) is 0 Å². The molecule has 0 saturated heterocycles. The molecular formula is C19H16Cl2N2O2. The van der Waals surface area contributed by atoms with E-state index < -0.39 is 0 Å². The summed E-state index contributed by atoms with van der Waals surface area (Å²) in [4.78, 5) is 26.8. The van der Waals surface area contributed by atoms with Gasteiger partial charge in [-0.15, -0.1) is 0 Å². The minimum atomic E-state index is -0.297. The molecule has 0 aliphatic carbocycles. The molecule has 0 N–H and O–H groups in total. The Hall–Kier alpha value is -2.30. The van der Waals surface area contributed by atoms with Crippen molar-refractivity contribution >= 4 is 45.7 Å². The zero-order valence-electron chi connectivity index (χ0n) is 13.8. The zero-order valence-corrected chi connectivity index (χ0v) is 15.3. The Balaban J connectivity index is 2.06. The lowest BCUT2D eigenvalue weighted by atomic mass is 10.1. The largest absolute Gasteiger partial charge is 0.315 e. The van der Waals surface area contributed by atoms with E-state index in [1.54, 1.807) is 32.3 Å². The van der Waals surface area contributed by atoms with Gasteiger partial charge in [0.05, 0.1) is 22.0 Å². The average molecular weight is 375 g/mol. The van der Waals surface area contributed by atoms with Gasteiger partial charge in [-0.25, -0.2) is 0 Å². The second-order valence-electron chi connectivity index (χ2n) is 5.76. The van der Waals surface area contributed by atoms with Crippen LogP contribution >= 0.6 is 23.2 Å². The Morgan fingerprint density at radius 2 is 1.76 bits per heavy atom. The second-order valence-corrected chi connectivity index (χ2v) is 6.54. The van der Waals surface area contributed by atoms with Crippen molar-refractivity contribution < 1.29 is 4.79 Å². The number of halogens is 2. The van der Waals surface area contributed by atoms with Crippen LogP contribution in [0.1, 0.15) is 5.56 Å². The third-order valence-electron chi connectivity index (χ3n) is 4.25. The normalized spacial score (nSPS) is 10.9. The summed E-state index contributed by atoms with van der Waals surface area (Å²) in [6.07, 6.45) is -0.0991. The Kier molecular flexibility index (Phi) is 4.84. The predicted molar refractivity (Wildman–Crippen MR) is 103 cm³/mol. The van der Waals surface area contributed by atoms with Gasteiger partial charge in [0.2, 0.25) is 5.91 Å². The average Bonchev–Trinajstić information content (AvgIpc) is 2.63. The van der Waals surface area contributed by atoms with E-state index in [2.05, 4.69) is 0 Å². The Bertz CT molecular complexity index is 1010. The molecule has 25 heavy (non-hydrogen) atoms. The summed E-state index contributed by atoms with van der Waals surface area (Å²) in [5.41, 5.74) is 1.33. The van der Waals surface area contributed by atoms with Crippen molar-refractivity contribution in [3.8, 4) is 0 Å². The standard InChI is InChI=1S/C19H16Cl2N2O2/c1-22(12-7-4-3-5-8-12)16(24)11-13-18(21)17-14(20)9-6-10-15(17)23(2)19(13)25/h3-10H,11H2,1-2H3. The molecule has 0 unspecified atom stereocenters. The van der Waals surface area contributed by atoms with E-state index in [9.17, 15) is 9.59 Å². The molecular weight excluding hydrogens is 359 g/mol. The highest BCUT2D eigenvalue weighted by molar-refractivity contribution is 6.42. The van der Waals surface area contributed by atoms with Crippen molar-refractivity contribution in [1.82, 2.24) is 4.57 Å². The zero-order chi connectivity index (χ0) is 18.1. The molecule has 6 heteroatoms. The molecule has 0 bridgehead atoms. The lowest BCUT2D eigenvalue weighted by Crippen LogP contribution is -2.31. The van der Waals surface area contributed by atoms with Gasteiger partial charge in [0.15, 0.2) is 0 Å². The second kappa shape index (κ2) is 6.90. The van der Waals surface area contributed by atoms with E-state index in [1.165, 1.54) is 9.47 Å². The number of hydrogen-bond donors (Lipinski definition) is 0. The van der Waals surface area contributed by atoms with Crippen LogP contribution in [-0.2, 0) is 18.3 Å². The molecule has 0 atom stereocenters. The minimum Gasteiger partial charge on any atom is -0.315 e. The number of pyridine rings is 1. The first-order chi connectivity index (χ1) is 11.9. The summed E-state index contributed by atoms with van der Waals surface area (Å²) in [6.45, 7) is 0. The van der Waals surface area contributed by atoms with Crippen molar-refractivity contribution in [3.63, 3.8) is 0 Å². The van der Waals surface area contributed by atoms with E-state index in [-0.39, 0.29) is 28.5 Å². The minimum absolute atomic E-state index is 0.0991. The van der Waals surface area contributed by atoms with Crippen molar-refractivity contribution in [2.24, 2.45) is 7.05 Å². The van der Waals surface area contributed by atoms with E-state index >= 15 is 0 Å². The molecule has 0 saturated carbocycles. The van der Waals surface area contributed by atoms with Crippen LogP contribution < -0.4 is 10.5 Å². The Morgan fingerprint density at radius 3 is 2.44 bits per heavy atom. The molecule has 1 heterocycles. The number of nitrogens with zero attached hydrogens (tertiary/aromatic N) is 2. The number of carbonyl (C=O) groups excluding carboxylic acids is 1. The first-order valence-electron chi connectivity index (χ1n) is 7.69. The van der Waals surface area contributed by atoms with Gasteiger partial charge in [-0.05, 0) is 24.3 Å². The number of carbonyl (C=O) groups is 1. The number of amides is 1. The van der Waals surface area contributed by atoms with Gasteiger partial charge in [0, 0.05) is 30.7 Å². The molecule has 0 aliphatic heterocycles. The van der Waals surface area contributed by atoms with Gasteiger partial charge < -0.3 is 9.47 Å². The van der Waals surface area contributed by atoms with Crippen LogP contribution in [0.25, 0.3) is 10.9 Å². The summed E-state index contributed by atoms with van der Waals surface area (Å²) in [7, 11) is 3.32. The first kappa shape index (κ1) is 17.5. The Labute approximate surface area is 155 Å². The fourth-order valence-electron chi connectivity index (χ4n) is 2.78. The molecule has 3 rings (SSSR count). The van der Waals surface area contributed by atoms with E-state index in [4.69, 9.17) is 23.2 Å². The number of benzene rings is 2. The van der Waals surface area contributed by atoms with Crippen LogP contribution in [0.4, 0.5) is 5.69 Å². The third-order valence-corrected chi connectivity index (χ3v) is 4.98. The summed E-state index contributed by atoms with van der Waals surface area (Å²) in [5, 5.41) is 1.26. The highest BCUT2D eigenvalue weighted by Crippen LogP contribution is 2.31.